The Kier molecular flexibility index (Phi) is 5.11. The van der Waals surface area contributed by atoms with Gasteiger partial charge in [0.1, 0.15) is 5.58 Å². The number of carbonyl (C=O) groups excluding carboxylic acids is 1. The van der Waals surface area contributed by atoms with Crippen molar-refractivity contribution in [2.45, 2.75) is 0 Å². The zero-order valence-electron chi connectivity index (χ0n) is 12.8. The van der Waals surface area contributed by atoms with Gasteiger partial charge >= 0.3 is 0 Å². The van der Waals surface area contributed by atoms with Gasteiger partial charge in [-0.3, -0.25) is 9.10 Å². The lowest BCUT2D eigenvalue weighted by atomic mass is 10.1. The van der Waals surface area contributed by atoms with E-state index in [9.17, 15) is 13.2 Å². The third kappa shape index (κ3) is 3.21. The van der Waals surface area contributed by atoms with E-state index in [1.807, 2.05) is 0 Å². The molecule has 130 valence electrons. The number of hydrogen-bond acceptors (Lipinski definition) is 6. The van der Waals surface area contributed by atoms with Gasteiger partial charge in [-0.15, -0.1) is 0 Å². The number of furan rings is 1. The summed E-state index contributed by atoms with van der Waals surface area (Å²) in [4.78, 5) is 12.1. The van der Waals surface area contributed by atoms with Gasteiger partial charge in [-0.2, -0.15) is 0 Å². The first kappa shape index (κ1) is 18.6. The number of oxime groups is 1. The smallest absolute Gasteiger partial charge is 0.255 e. The van der Waals surface area contributed by atoms with E-state index in [1.54, 1.807) is 0 Å². The van der Waals surface area contributed by atoms with Gasteiger partial charge in [0.05, 0.1) is 17.5 Å². The Bertz CT molecular complexity index is 954. The van der Waals surface area contributed by atoms with Crippen LogP contribution in [0.25, 0.3) is 11.0 Å². The summed E-state index contributed by atoms with van der Waals surface area (Å²) in [7, 11) is -0.691. The van der Waals surface area contributed by atoms with Gasteiger partial charge < -0.3 is 14.9 Å². The van der Waals surface area contributed by atoms with Crippen LogP contribution in [0.1, 0.15) is 16.1 Å². The van der Waals surface area contributed by atoms with Crippen molar-refractivity contribution in [1.29, 1.82) is 0 Å². The van der Waals surface area contributed by atoms with E-state index in [0.717, 1.165) is 10.6 Å². The number of halogens is 2. The highest BCUT2D eigenvalue weighted by Gasteiger charge is 2.26. The second-order valence-corrected chi connectivity index (χ2v) is 8.03. The van der Waals surface area contributed by atoms with Gasteiger partial charge in [0.2, 0.25) is 15.2 Å². The van der Waals surface area contributed by atoms with Crippen LogP contribution in [-0.4, -0.2) is 45.1 Å². The van der Waals surface area contributed by atoms with E-state index in [0.29, 0.717) is 15.5 Å². The number of carbonyl (C=O) groups is 1. The Labute approximate surface area is 151 Å². The van der Waals surface area contributed by atoms with Crippen LogP contribution in [-0.2, 0) is 10.0 Å². The number of nitrogens with zero attached hydrogens (tertiary/aromatic N) is 2. The molecule has 0 atom stereocenters. The Morgan fingerprint density at radius 3 is 2.58 bits per heavy atom. The fourth-order valence-electron chi connectivity index (χ4n) is 2.07. The summed E-state index contributed by atoms with van der Waals surface area (Å²) in [6.07, 6.45) is 1.06. The summed E-state index contributed by atoms with van der Waals surface area (Å²) in [6, 6.07) is 2.98. The second kappa shape index (κ2) is 6.61. The number of benzene rings is 1. The maximum Gasteiger partial charge on any atom is 0.255 e. The Morgan fingerprint density at radius 1 is 1.46 bits per heavy atom. The predicted octanol–water partition coefficient (Wildman–Crippen LogP) is 2.33. The fourth-order valence-corrected chi connectivity index (χ4v) is 3.43. The average molecular weight is 439 g/mol. The van der Waals surface area contributed by atoms with Crippen molar-refractivity contribution in [3.63, 3.8) is 0 Å². The van der Waals surface area contributed by atoms with Crippen molar-refractivity contribution < 1.29 is 22.8 Å². The van der Waals surface area contributed by atoms with Gasteiger partial charge in [0.25, 0.3) is 5.91 Å². The molecule has 1 aromatic heterocycles. The highest BCUT2D eigenvalue weighted by molar-refractivity contribution is 9.10. The van der Waals surface area contributed by atoms with Crippen molar-refractivity contribution in [3.05, 3.63) is 27.9 Å². The van der Waals surface area contributed by atoms with Crippen LogP contribution < -0.4 is 9.62 Å². The molecule has 0 spiro atoms. The van der Waals surface area contributed by atoms with Crippen molar-refractivity contribution in [2.75, 3.05) is 24.7 Å². The van der Waals surface area contributed by atoms with E-state index in [4.69, 9.17) is 21.2 Å². The molecule has 0 aliphatic carbocycles. The number of fused-ring (bicyclic) bond motifs is 1. The topological polar surface area (TPSA) is 112 Å². The summed E-state index contributed by atoms with van der Waals surface area (Å²) in [6.45, 7) is 0. The van der Waals surface area contributed by atoms with Crippen LogP contribution in [0.5, 0.6) is 0 Å². The van der Waals surface area contributed by atoms with Gasteiger partial charge in [-0.1, -0.05) is 16.8 Å². The molecule has 1 amide bonds. The van der Waals surface area contributed by atoms with Crippen LogP contribution in [0.15, 0.2) is 26.2 Å². The largest absolute Gasteiger partial charge is 0.452 e. The Balaban J connectivity index is 2.83. The fraction of sp³-hybridized carbons (Fsp3) is 0.231. The molecule has 24 heavy (non-hydrogen) atoms. The average Bonchev–Trinajstić information content (AvgIpc) is 2.89. The van der Waals surface area contributed by atoms with E-state index in [1.165, 1.54) is 26.2 Å². The number of anilines is 1. The van der Waals surface area contributed by atoms with Crippen molar-refractivity contribution in [3.8, 4) is 0 Å². The zero-order valence-corrected chi connectivity index (χ0v) is 16.0. The van der Waals surface area contributed by atoms with Crippen LogP contribution in [0.3, 0.4) is 0 Å². The minimum absolute atomic E-state index is 0.0737. The molecule has 1 aromatic carbocycles. The molecular formula is C13H13BrClN3O5S. The van der Waals surface area contributed by atoms with Gasteiger partial charge in [0, 0.05) is 30.0 Å². The first-order valence-corrected chi connectivity index (χ1v) is 9.43. The SMILES string of the molecule is CNC(=O)c1c(C(Cl)=NO)oc2cc(N(C)S(C)(=O)=O)c(Br)cc12. The summed E-state index contributed by atoms with van der Waals surface area (Å²) in [5.41, 5.74) is 0.592. The zero-order chi connectivity index (χ0) is 18.2. The minimum atomic E-state index is -3.50. The third-order valence-corrected chi connectivity index (χ3v) is 5.40. The molecule has 2 aromatic rings. The Hall–Kier alpha value is -1.78. The van der Waals surface area contributed by atoms with Crippen LogP contribution in [0.4, 0.5) is 5.69 Å². The van der Waals surface area contributed by atoms with Crippen molar-refractivity contribution in [2.24, 2.45) is 5.16 Å². The summed E-state index contributed by atoms with van der Waals surface area (Å²) in [5, 5.41) is 14.1. The van der Waals surface area contributed by atoms with Gasteiger partial charge in [0.15, 0.2) is 5.76 Å². The molecule has 0 fully saturated rings. The van der Waals surface area contributed by atoms with Crippen LogP contribution in [0, 0.1) is 0 Å². The molecular weight excluding hydrogens is 426 g/mol. The summed E-state index contributed by atoms with van der Waals surface area (Å²) in [5.74, 6) is -0.624. The summed E-state index contributed by atoms with van der Waals surface area (Å²) < 4.78 is 30.5. The predicted molar refractivity (Wildman–Crippen MR) is 94.7 cm³/mol. The molecule has 0 saturated carbocycles. The van der Waals surface area contributed by atoms with Crippen molar-refractivity contribution in [1.82, 2.24) is 5.32 Å². The highest BCUT2D eigenvalue weighted by Crippen LogP contribution is 2.36. The van der Waals surface area contributed by atoms with Gasteiger partial charge in [-0.05, 0) is 22.0 Å². The van der Waals surface area contributed by atoms with E-state index in [2.05, 4.69) is 26.4 Å². The molecule has 2 rings (SSSR count). The van der Waals surface area contributed by atoms with E-state index in [-0.39, 0.29) is 16.9 Å². The lowest BCUT2D eigenvalue weighted by Crippen LogP contribution is -2.25. The standard InChI is InChI=1S/C13H13BrClN3O5S/c1-16-13(19)10-6-4-7(14)8(18(2)24(3,21)22)5-9(6)23-11(10)12(15)17-20/h4-5,20H,1-3H3,(H,16,19). The third-order valence-electron chi connectivity index (χ3n) is 3.32. The second-order valence-electron chi connectivity index (χ2n) is 4.81. The van der Waals surface area contributed by atoms with Crippen molar-refractivity contribution >= 4 is 65.3 Å². The molecule has 0 aliphatic rings. The van der Waals surface area contributed by atoms with Gasteiger partial charge in [-0.25, -0.2) is 8.42 Å². The van der Waals surface area contributed by atoms with Crippen LogP contribution >= 0.6 is 27.5 Å². The number of hydrogen-bond donors (Lipinski definition) is 2. The van der Waals surface area contributed by atoms with E-state index < -0.39 is 21.1 Å². The number of sulfonamides is 1. The first-order chi connectivity index (χ1) is 11.1. The number of nitrogens with one attached hydrogen (secondary N) is 1. The number of rotatable bonds is 4. The van der Waals surface area contributed by atoms with Crippen LogP contribution in [0.2, 0.25) is 0 Å². The highest BCUT2D eigenvalue weighted by atomic mass is 79.9. The Morgan fingerprint density at radius 2 is 2.08 bits per heavy atom. The molecule has 11 heteroatoms. The molecule has 2 N–H and O–H groups in total. The molecule has 0 aliphatic heterocycles. The molecule has 0 saturated heterocycles. The van der Waals surface area contributed by atoms with E-state index >= 15 is 0 Å². The molecule has 1 heterocycles. The lowest BCUT2D eigenvalue weighted by molar-refractivity contribution is 0.0963. The maximum absolute atomic E-state index is 12.1. The number of amides is 1. The first-order valence-electron chi connectivity index (χ1n) is 6.41. The normalized spacial score (nSPS) is 12.5. The monoisotopic (exact) mass is 437 g/mol. The molecule has 0 bridgehead atoms. The molecule has 8 nitrogen and oxygen atoms in total. The molecule has 0 unspecified atom stereocenters. The molecule has 0 radical (unpaired) electrons. The minimum Gasteiger partial charge on any atom is -0.452 e. The summed E-state index contributed by atoms with van der Waals surface area (Å²) >= 11 is 9.08. The maximum atomic E-state index is 12.1. The quantitative estimate of drug-likeness (QED) is 0.432. The lowest BCUT2D eigenvalue weighted by Gasteiger charge is -2.18.